The van der Waals surface area contributed by atoms with E-state index in [0.29, 0.717) is 19.0 Å². The number of nitrogens with zero attached hydrogens (tertiary/aromatic N) is 2. The summed E-state index contributed by atoms with van der Waals surface area (Å²) >= 11 is 0. The van der Waals surface area contributed by atoms with Crippen LogP contribution >= 0.6 is 0 Å². The van der Waals surface area contributed by atoms with Crippen LogP contribution in [0.15, 0.2) is 11.2 Å². The molecular weight excluding hydrogens is 199 g/mol. The van der Waals surface area contributed by atoms with Crippen molar-refractivity contribution in [2.24, 2.45) is 0 Å². The number of imidazole rings is 1. The summed E-state index contributed by atoms with van der Waals surface area (Å²) in [4.78, 5) is 3.74. The zero-order valence-electron chi connectivity index (χ0n) is 6.60. The Hall–Kier alpha value is -0.950. The van der Waals surface area contributed by atoms with Crippen molar-refractivity contribution in [1.82, 2.24) is 9.55 Å². The molecule has 0 saturated carbocycles. The highest BCUT2D eigenvalue weighted by Gasteiger charge is 2.23. The van der Waals surface area contributed by atoms with E-state index < -0.39 is 10.2 Å². The molecule has 13 heavy (non-hydrogen) atoms. The first-order valence-corrected chi connectivity index (χ1v) is 5.04. The predicted octanol–water partition coefficient (Wildman–Crippen LogP) is 0.0715. The third-order valence-corrected chi connectivity index (χ3v) is 2.67. The van der Waals surface area contributed by atoms with Crippen molar-refractivity contribution in [1.29, 1.82) is 0 Å². The number of rotatable bonds is 1. The Labute approximate surface area is 74.4 Å². The summed E-state index contributed by atoms with van der Waals surface area (Å²) in [6, 6.07) is 0. The SMILES string of the molecule is O=S(=O)(F)c1cnc2n1CCOC2. The number of hydrogen-bond acceptors (Lipinski definition) is 4. The minimum atomic E-state index is -4.66. The van der Waals surface area contributed by atoms with Gasteiger partial charge in [0.2, 0.25) is 0 Å². The number of ether oxygens (including phenoxy) is 1. The van der Waals surface area contributed by atoms with E-state index in [1.54, 1.807) is 0 Å². The quantitative estimate of drug-likeness (QED) is 0.610. The standard InChI is InChI=1S/C6H7FN2O3S/c7-13(10,11)6-3-8-5-4-12-2-1-9(5)6/h3H,1-2,4H2. The van der Waals surface area contributed by atoms with Gasteiger partial charge in [0.25, 0.3) is 0 Å². The van der Waals surface area contributed by atoms with Crippen LogP contribution in [0.2, 0.25) is 0 Å². The highest BCUT2D eigenvalue weighted by molar-refractivity contribution is 7.86. The van der Waals surface area contributed by atoms with E-state index in [-0.39, 0.29) is 11.6 Å². The van der Waals surface area contributed by atoms with E-state index in [9.17, 15) is 12.3 Å². The van der Waals surface area contributed by atoms with Crippen LogP contribution in [-0.2, 0) is 28.1 Å². The van der Waals surface area contributed by atoms with E-state index in [1.807, 2.05) is 0 Å². The summed E-state index contributed by atoms with van der Waals surface area (Å²) in [6.45, 7) is 0.940. The zero-order valence-corrected chi connectivity index (χ0v) is 7.42. The first kappa shape index (κ1) is 8.64. The molecule has 0 atom stereocenters. The van der Waals surface area contributed by atoms with E-state index in [0.717, 1.165) is 6.20 Å². The molecule has 5 nitrogen and oxygen atoms in total. The molecule has 0 aliphatic carbocycles. The second kappa shape index (κ2) is 2.78. The molecule has 1 aliphatic rings. The molecule has 2 heterocycles. The second-order valence-corrected chi connectivity index (χ2v) is 3.95. The molecular formula is C6H7FN2O3S. The third-order valence-electron chi connectivity index (χ3n) is 1.84. The first-order chi connectivity index (χ1) is 6.09. The summed E-state index contributed by atoms with van der Waals surface area (Å²) in [6.07, 6.45) is 1.01. The predicted molar refractivity (Wildman–Crippen MR) is 40.2 cm³/mol. The number of fused-ring (bicyclic) bond motifs is 1. The van der Waals surface area contributed by atoms with Gasteiger partial charge in [-0.3, -0.25) is 0 Å². The van der Waals surface area contributed by atoms with Crippen molar-refractivity contribution < 1.29 is 17.0 Å². The van der Waals surface area contributed by atoms with E-state index in [4.69, 9.17) is 4.74 Å². The van der Waals surface area contributed by atoms with Gasteiger partial charge in [-0.1, -0.05) is 3.89 Å². The second-order valence-electron chi connectivity index (χ2n) is 2.65. The molecule has 1 aliphatic heterocycles. The summed E-state index contributed by atoms with van der Waals surface area (Å²) in [5.74, 6) is 0.447. The van der Waals surface area contributed by atoms with Gasteiger partial charge in [0, 0.05) is 6.54 Å². The topological polar surface area (TPSA) is 61.2 Å². The smallest absolute Gasteiger partial charge is 0.349 e. The number of halogens is 1. The fourth-order valence-corrected chi connectivity index (χ4v) is 1.90. The van der Waals surface area contributed by atoms with Crippen LogP contribution in [-0.4, -0.2) is 24.6 Å². The average Bonchev–Trinajstić information content (AvgIpc) is 2.45. The highest BCUT2D eigenvalue weighted by atomic mass is 32.3. The molecule has 0 radical (unpaired) electrons. The summed E-state index contributed by atoms with van der Waals surface area (Å²) < 4.78 is 40.1. The molecule has 0 bridgehead atoms. The van der Waals surface area contributed by atoms with Crippen LogP contribution in [0.5, 0.6) is 0 Å². The molecule has 72 valence electrons. The van der Waals surface area contributed by atoms with Gasteiger partial charge in [0.05, 0.1) is 12.8 Å². The minimum Gasteiger partial charge on any atom is -0.372 e. The molecule has 0 spiro atoms. The van der Waals surface area contributed by atoms with E-state index >= 15 is 0 Å². The lowest BCUT2D eigenvalue weighted by Crippen LogP contribution is -2.19. The highest BCUT2D eigenvalue weighted by Crippen LogP contribution is 2.17. The Morgan fingerprint density at radius 3 is 3.08 bits per heavy atom. The van der Waals surface area contributed by atoms with Crippen LogP contribution in [0, 0.1) is 0 Å². The summed E-state index contributed by atoms with van der Waals surface area (Å²) in [5.41, 5.74) is 0. The number of aromatic nitrogens is 2. The Morgan fingerprint density at radius 2 is 2.38 bits per heavy atom. The molecule has 0 N–H and O–H groups in total. The molecule has 0 unspecified atom stereocenters. The van der Waals surface area contributed by atoms with Gasteiger partial charge in [-0.15, -0.1) is 0 Å². The van der Waals surface area contributed by atoms with Gasteiger partial charge >= 0.3 is 10.2 Å². The lowest BCUT2D eigenvalue weighted by atomic mass is 10.5. The Kier molecular flexibility index (Phi) is 1.85. The fourth-order valence-electron chi connectivity index (χ4n) is 1.26. The van der Waals surface area contributed by atoms with Crippen molar-refractivity contribution in [3.8, 4) is 0 Å². The zero-order chi connectivity index (χ0) is 9.47. The lowest BCUT2D eigenvalue weighted by Gasteiger charge is -2.15. The van der Waals surface area contributed by atoms with Crippen LogP contribution in [0.3, 0.4) is 0 Å². The number of hydrogen-bond donors (Lipinski definition) is 0. The van der Waals surface area contributed by atoms with Crippen LogP contribution in [0.1, 0.15) is 5.82 Å². The monoisotopic (exact) mass is 206 g/mol. The molecule has 1 aromatic heterocycles. The Bertz CT molecular complexity index is 425. The van der Waals surface area contributed by atoms with E-state index in [1.165, 1.54) is 4.57 Å². The van der Waals surface area contributed by atoms with Gasteiger partial charge < -0.3 is 9.30 Å². The molecule has 0 fully saturated rings. The third kappa shape index (κ3) is 1.44. The summed E-state index contributed by atoms with van der Waals surface area (Å²) in [7, 11) is -4.66. The normalized spacial score (nSPS) is 17.0. The molecule has 7 heteroatoms. The van der Waals surface area contributed by atoms with Gasteiger partial charge in [-0.2, -0.15) is 8.42 Å². The maximum atomic E-state index is 12.6. The van der Waals surface area contributed by atoms with Crippen LogP contribution in [0.25, 0.3) is 0 Å². The van der Waals surface area contributed by atoms with Crippen LogP contribution < -0.4 is 0 Å². The van der Waals surface area contributed by atoms with Gasteiger partial charge in [0.15, 0.2) is 5.03 Å². The first-order valence-electron chi connectivity index (χ1n) is 3.66. The molecule has 2 rings (SSSR count). The van der Waals surface area contributed by atoms with Crippen molar-refractivity contribution >= 4 is 10.2 Å². The minimum absolute atomic E-state index is 0.232. The largest absolute Gasteiger partial charge is 0.372 e. The van der Waals surface area contributed by atoms with Crippen LogP contribution in [0.4, 0.5) is 3.89 Å². The summed E-state index contributed by atoms with van der Waals surface area (Å²) in [5, 5.41) is -0.384. The Morgan fingerprint density at radius 1 is 1.62 bits per heavy atom. The molecule has 1 aromatic rings. The molecule has 0 saturated heterocycles. The maximum absolute atomic E-state index is 12.6. The molecule has 0 amide bonds. The average molecular weight is 206 g/mol. The fraction of sp³-hybridized carbons (Fsp3) is 0.500. The molecule has 0 aromatic carbocycles. The van der Waals surface area contributed by atoms with Crippen molar-refractivity contribution in [2.75, 3.05) is 6.61 Å². The van der Waals surface area contributed by atoms with Crippen molar-refractivity contribution in [3.63, 3.8) is 0 Å². The Balaban J connectivity index is 2.55. The lowest BCUT2D eigenvalue weighted by molar-refractivity contribution is 0.0786. The van der Waals surface area contributed by atoms with Gasteiger partial charge in [-0.05, 0) is 0 Å². The van der Waals surface area contributed by atoms with Gasteiger partial charge in [0.1, 0.15) is 12.4 Å². The van der Waals surface area contributed by atoms with E-state index in [2.05, 4.69) is 4.98 Å². The van der Waals surface area contributed by atoms with Gasteiger partial charge in [-0.25, -0.2) is 4.98 Å². The van der Waals surface area contributed by atoms with Crippen molar-refractivity contribution in [3.05, 3.63) is 12.0 Å². The maximum Gasteiger partial charge on any atom is 0.349 e. The van der Waals surface area contributed by atoms with Crippen molar-refractivity contribution in [2.45, 2.75) is 18.2 Å².